The maximum absolute atomic E-state index is 12.5. The van der Waals surface area contributed by atoms with Crippen molar-refractivity contribution in [2.75, 3.05) is 4.72 Å². The summed E-state index contributed by atoms with van der Waals surface area (Å²) in [5, 5.41) is 2.80. The third-order valence-electron chi connectivity index (χ3n) is 4.04. The molecule has 0 bridgehead atoms. The predicted octanol–water partition coefficient (Wildman–Crippen LogP) is 3.88. The number of benzene rings is 2. The molecule has 3 rings (SSSR count). The molecule has 2 N–H and O–H groups in total. The van der Waals surface area contributed by atoms with Crippen molar-refractivity contribution in [3.63, 3.8) is 0 Å². The van der Waals surface area contributed by atoms with Crippen molar-refractivity contribution < 1.29 is 13.2 Å². The molecule has 0 aliphatic carbocycles. The Labute approximate surface area is 172 Å². The zero-order valence-corrected chi connectivity index (χ0v) is 17.4. The van der Waals surface area contributed by atoms with Crippen LogP contribution in [0, 0.1) is 6.92 Å². The van der Waals surface area contributed by atoms with Crippen LogP contribution in [0.1, 0.15) is 21.6 Å². The summed E-state index contributed by atoms with van der Waals surface area (Å²) in [5.41, 5.74) is 2.43. The zero-order valence-electron chi connectivity index (χ0n) is 15.0. The lowest BCUT2D eigenvalue weighted by Gasteiger charge is -2.10. The average Bonchev–Trinajstić information content (AvgIpc) is 2.67. The summed E-state index contributed by atoms with van der Waals surface area (Å²) in [6, 6.07) is 16.4. The summed E-state index contributed by atoms with van der Waals surface area (Å²) in [6.07, 6.45) is 1.67. The van der Waals surface area contributed by atoms with Crippen LogP contribution in [0.4, 0.5) is 5.69 Å². The maximum Gasteiger partial charge on any atom is 0.261 e. The molecule has 0 radical (unpaired) electrons. The largest absolute Gasteiger partial charge is 0.346 e. The van der Waals surface area contributed by atoms with Gasteiger partial charge in [0.25, 0.3) is 15.9 Å². The van der Waals surface area contributed by atoms with E-state index in [9.17, 15) is 13.2 Å². The first kappa shape index (κ1) is 20.0. The number of carbonyl (C=O) groups excluding carboxylic acids is 1. The molecule has 1 amide bonds. The molecule has 0 saturated heterocycles. The van der Waals surface area contributed by atoms with Crippen molar-refractivity contribution in [2.24, 2.45) is 0 Å². The molecule has 0 saturated carbocycles. The molecule has 8 heteroatoms. The molecule has 0 unspecified atom stereocenters. The van der Waals surface area contributed by atoms with Crippen molar-refractivity contribution in [2.45, 2.75) is 18.4 Å². The molecule has 0 aliphatic rings. The number of amides is 1. The Hall–Kier alpha value is -2.71. The van der Waals surface area contributed by atoms with E-state index in [1.54, 1.807) is 36.5 Å². The second kappa shape index (κ2) is 8.53. The van der Waals surface area contributed by atoms with Crippen LogP contribution in [0.2, 0.25) is 0 Å². The van der Waals surface area contributed by atoms with E-state index in [-0.39, 0.29) is 10.8 Å². The SMILES string of the molecule is Cc1cccnc1CNC(=O)c1cccc(NS(=O)(=O)c2ccc(Br)cc2)c1. The van der Waals surface area contributed by atoms with Gasteiger partial charge in [0.1, 0.15) is 0 Å². The second-order valence-electron chi connectivity index (χ2n) is 6.09. The lowest BCUT2D eigenvalue weighted by atomic mass is 10.2. The van der Waals surface area contributed by atoms with Crippen LogP contribution in [0.3, 0.4) is 0 Å². The Morgan fingerprint density at radius 2 is 1.82 bits per heavy atom. The summed E-state index contributed by atoms with van der Waals surface area (Å²) < 4.78 is 28.3. The fourth-order valence-electron chi connectivity index (χ4n) is 2.52. The molecule has 0 fully saturated rings. The standard InChI is InChI=1S/C20H18BrN3O3S/c1-14-4-3-11-22-19(14)13-23-20(25)15-5-2-6-17(12-15)24-28(26,27)18-9-7-16(21)8-10-18/h2-12,24H,13H2,1H3,(H,23,25). The Kier molecular flexibility index (Phi) is 6.11. The van der Waals surface area contributed by atoms with Gasteiger partial charge in [0.05, 0.1) is 17.1 Å². The first-order valence-electron chi connectivity index (χ1n) is 8.42. The molecule has 0 aliphatic heterocycles. The van der Waals surface area contributed by atoms with Gasteiger partial charge in [-0.1, -0.05) is 28.1 Å². The highest BCUT2D eigenvalue weighted by atomic mass is 79.9. The number of carbonyl (C=O) groups is 1. The summed E-state index contributed by atoms with van der Waals surface area (Å²) >= 11 is 3.28. The number of nitrogens with zero attached hydrogens (tertiary/aromatic N) is 1. The highest BCUT2D eigenvalue weighted by molar-refractivity contribution is 9.10. The van der Waals surface area contributed by atoms with Crippen molar-refractivity contribution >= 4 is 37.5 Å². The van der Waals surface area contributed by atoms with E-state index in [1.165, 1.54) is 18.2 Å². The van der Waals surface area contributed by atoms with Crippen molar-refractivity contribution in [3.8, 4) is 0 Å². The third kappa shape index (κ3) is 4.96. The normalized spacial score (nSPS) is 11.1. The molecule has 0 atom stereocenters. The number of hydrogen-bond acceptors (Lipinski definition) is 4. The molecule has 3 aromatic rings. The van der Waals surface area contributed by atoms with E-state index in [2.05, 4.69) is 31.0 Å². The molecule has 28 heavy (non-hydrogen) atoms. The van der Waals surface area contributed by atoms with E-state index in [4.69, 9.17) is 0 Å². The van der Waals surface area contributed by atoms with E-state index in [1.807, 2.05) is 19.1 Å². The lowest BCUT2D eigenvalue weighted by molar-refractivity contribution is 0.0950. The average molecular weight is 460 g/mol. The van der Waals surface area contributed by atoms with Crippen LogP contribution >= 0.6 is 15.9 Å². The topological polar surface area (TPSA) is 88.2 Å². The Morgan fingerprint density at radius 1 is 1.07 bits per heavy atom. The summed E-state index contributed by atoms with van der Waals surface area (Å²) in [6.45, 7) is 2.21. The quantitative estimate of drug-likeness (QED) is 0.585. The molecule has 0 spiro atoms. The van der Waals surface area contributed by atoms with Gasteiger partial charge in [0.15, 0.2) is 0 Å². The van der Waals surface area contributed by atoms with Crippen molar-refractivity contribution in [3.05, 3.63) is 88.2 Å². The minimum absolute atomic E-state index is 0.135. The number of sulfonamides is 1. The number of aryl methyl sites for hydroxylation is 1. The van der Waals surface area contributed by atoms with Crippen LogP contribution < -0.4 is 10.0 Å². The van der Waals surface area contributed by atoms with Crippen LogP contribution in [0.15, 0.2) is 76.2 Å². The predicted molar refractivity (Wildman–Crippen MR) is 112 cm³/mol. The third-order valence-corrected chi connectivity index (χ3v) is 5.96. The number of halogens is 1. The lowest BCUT2D eigenvalue weighted by Crippen LogP contribution is -2.24. The fraction of sp³-hybridized carbons (Fsp3) is 0.100. The van der Waals surface area contributed by atoms with Gasteiger partial charge in [-0.25, -0.2) is 8.42 Å². The van der Waals surface area contributed by atoms with Gasteiger partial charge < -0.3 is 5.32 Å². The molecule has 1 heterocycles. The van der Waals surface area contributed by atoms with Gasteiger partial charge in [-0.3, -0.25) is 14.5 Å². The highest BCUT2D eigenvalue weighted by Gasteiger charge is 2.15. The summed E-state index contributed by atoms with van der Waals surface area (Å²) in [5.74, 6) is -0.310. The number of anilines is 1. The highest BCUT2D eigenvalue weighted by Crippen LogP contribution is 2.19. The number of pyridine rings is 1. The molecular formula is C20H18BrN3O3S. The number of nitrogens with one attached hydrogen (secondary N) is 2. The van der Waals surface area contributed by atoms with Crippen LogP contribution in [-0.2, 0) is 16.6 Å². The first-order chi connectivity index (χ1) is 13.3. The van der Waals surface area contributed by atoms with E-state index < -0.39 is 10.0 Å². The summed E-state index contributed by atoms with van der Waals surface area (Å²) in [7, 11) is -3.75. The van der Waals surface area contributed by atoms with Gasteiger partial charge in [0, 0.05) is 21.9 Å². The van der Waals surface area contributed by atoms with E-state index in [0.717, 1.165) is 15.7 Å². The first-order valence-corrected chi connectivity index (χ1v) is 10.7. The van der Waals surface area contributed by atoms with Gasteiger partial charge in [-0.2, -0.15) is 0 Å². The van der Waals surface area contributed by atoms with E-state index in [0.29, 0.717) is 17.8 Å². The molecule has 1 aromatic heterocycles. The smallest absolute Gasteiger partial charge is 0.261 e. The molecule has 6 nitrogen and oxygen atoms in total. The molecular weight excluding hydrogens is 442 g/mol. The van der Waals surface area contributed by atoms with Gasteiger partial charge in [0.2, 0.25) is 0 Å². The number of rotatable bonds is 6. The Morgan fingerprint density at radius 3 is 2.54 bits per heavy atom. The zero-order chi connectivity index (χ0) is 20.1. The van der Waals surface area contributed by atoms with Crippen LogP contribution in [0.5, 0.6) is 0 Å². The van der Waals surface area contributed by atoms with Crippen molar-refractivity contribution in [1.82, 2.24) is 10.3 Å². The van der Waals surface area contributed by atoms with Crippen molar-refractivity contribution in [1.29, 1.82) is 0 Å². The summed E-state index contributed by atoms with van der Waals surface area (Å²) in [4.78, 5) is 16.8. The molecule has 144 valence electrons. The Bertz CT molecular complexity index is 1100. The maximum atomic E-state index is 12.5. The van der Waals surface area contributed by atoms with E-state index >= 15 is 0 Å². The minimum atomic E-state index is -3.75. The monoisotopic (exact) mass is 459 g/mol. The van der Waals surface area contributed by atoms with Gasteiger partial charge in [-0.15, -0.1) is 0 Å². The molecule has 2 aromatic carbocycles. The number of hydrogen-bond donors (Lipinski definition) is 2. The Balaban J connectivity index is 1.72. The van der Waals surface area contributed by atoms with Gasteiger partial charge >= 0.3 is 0 Å². The van der Waals surface area contributed by atoms with Gasteiger partial charge in [-0.05, 0) is 61.0 Å². The van der Waals surface area contributed by atoms with Crippen LogP contribution in [0.25, 0.3) is 0 Å². The fourth-order valence-corrected chi connectivity index (χ4v) is 3.84. The number of aromatic nitrogens is 1. The van der Waals surface area contributed by atoms with Crippen LogP contribution in [-0.4, -0.2) is 19.3 Å². The minimum Gasteiger partial charge on any atom is -0.346 e. The second-order valence-corrected chi connectivity index (χ2v) is 8.69.